The van der Waals surface area contributed by atoms with Gasteiger partial charge in [0.05, 0.1) is 9.77 Å². The quantitative estimate of drug-likeness (QED) is 0.821. The van der Waals surface area contributed by atoms with E-state index in [0.29, 0.717) is 30.4 Å². The van der Waals surface area contributed by atoms with E-state index in [4.69, 9.17) is 0 Å². The van der Waals surface area contributed by atoms with Gasteiger partial charge in [-0.3, -0.25) is 4.79 Å². The highest BCUT2D eigenvalue weighted by molar-refractivity contribution is 7.89. The molecule has 0 atom stereocenters. The number of hydrogen-bond donors (Lipinski definition) is 1. The molecule has 1 aromatic heterocycles. The molecule has 1 amide bonds. The van der Waals surface area contributed by atoms with Crippen molar-refractivity contribution in [3.8, 4) is 0 Å². The van der Waals surface area contributed by atoms with Gasteiger partial charge in [-0.25, -0.2) is 8.42 Å². The monoisotopic (exact) mass is 392 g/mol. The third kappa shape index (κ3) is 4.34. The van der Waals surface area contributed by atoms with E-state index in [1.807, 2.05) is 25.1 Å². The molecule has 0 unspecified atom stereocenters. The Morgan fingerprint density at radius 3 is 2.58 bits per heavy atom. The summed E-state index contributed by atoms with van der Waals surface area (Å²) in [6.07, 6.45) is 2.72. The fourth-order valence-corrected chi connectivity index (χ4v) is 5.92. The van der Waals surface area contributed by atoms with Gasteiger partial charge in [0.1, 0.15) is 0 Å². The van der Waals surface area contributed by atoms with Crippen molar-refractivity contribution < 1.29 is 13.2 Å². The number of nitrogens with zero attached hydrogens (tertiary/aromatic N) is 1. The maximum absolute atomic E-state index is 12.8. The van der Waals surface area contributed by atoms with Gasteiger partial charge in [-0.05, 0) is 43.7 Å². The predicted molar refractivity (Wildman–Crippen MR) is 104 cm³/mol. The molecule has 0 radical (unpaired) electrons. The minimum absolute atomic E-state index is 0.222. The number of carbonyl (C=O) groups is 1. The summed E-state index contributed by atoms with van der Waals surface area (Å²) in [5, 5.41) is 4.26. The second-order valence-corrected chi connectivity index (χ2v) is 9.39. The van der Waals surface area contributed by atoms with Crippen molar-refractivity contribution in [3.05, 3.63) is 52.2 Å². The van der Waals surface area contributed by atoms with Crippen LogP contribution < -0.4 is 5.32 Å². The van der Waals surface area contributed by atoms with E-state index in [1.54, 1.807) is 9.69 Å². The van der Waals surface area contributed by atoms with Crippen molar-refractivity contribution in [2.45, 2.75) is 31.1 Å². The molecule has 3 rings (SSSR count). The molecule has 0 spiro atoms. The molecule has 0 bridgehead atoms. The van der Waals surface area contributed by atoms with Crippen LogP contribution in [0.1, 0.15) is 35.0 Å². The van der Waals surface area contributed by atoms with Crippen LogP contribution in [0.2, 0.25) is 0 Å². The Morgan fingerprint density at radius 2 is 1.92 bits per heavy atom. The Kier molecular flexibility index (Phi) is 6.11. The summed E-state index contributed by atoms with van der Waals surface area (Å²) >= 11 is 1.17. The van der Waals surface area contributed by atoms with Crippen LogP contribution in [0.5, 0.6) is 0 Å². The van der Waals surface area contributed by atoms with Crippen molar-refractivity contribution in [2.75, 3.05) is 19.6 Å². The number of rotatable bonds is 6. The van der Waals surface area contributed by atoms with Crippen molar-refractivity contribution in [1.29, 1.82) is 0 Å². The van der Waals surface area contributed by atoms with Crippen LogP contribution in [0, 0.1) is 5.92 Å². The minimum atomic E-state index is -3.52. The average molecular weight is 393 g/mol. The van der Waals surface area contributed by atoms with Gasteiger partial charge in [0, 0.05) is 25.0 Å². The van der Waals surface area contributed by atoms with E-state index in [2.05, 4.69) is 17.4 Å². The van der Waals surface area contributed by atoms with E-state index in [9.17, 15) is 13.2 Å². The molecular formula is C19H24N2O3S2. The number of piperidine rings is 1. The topological polar surface area (TPSA) is 66.5 Å². The van der Waals surface area contributed by atoms with E-state index in [-0.39, 0.29) is 10.8 Å². The summed E-state index contributed by atoms with van der Waals surface area (Å²) in [6, 6.07) is 11.8. The summed E-state index contributed by atoms with van der Waals surface area (Å²) in [4.78, 5) is 12.5. The fraction of sp³-hybridized carbons (Fsp3) is 0.421. The Balaban J connectivity index is 1.62. The summed E-state index contributed by atoms with van der Waals surface area (Å²) in [6.45, 7) is 3.43. The molecule has 1 fully saturated rings. The highest BCUT2D eigenvalue weighted by atomic mass is 32.2. The van der Waals surface area contributed by atoms with Crippen LogP contribution in [0.4, 0.5) is 0 Å². The molecule has 1 saturated heterocycles. The Bertz CT molecular complexity index is 839. The Labute approximate surface area is 159 Å². The lowest BCUT2D eigenvalue weighted by molar-refractivity contribution is 0.0959. The SMILES string of the molecule is CCNC(=O)c1cc(S(=O)(=O)N2CCC(Cc3ccccc3)CC2)cs1. The van der Waals surface area contributed by atoms with Gasteiger partial charge < -0.3 is 5.32 Å². The van der Waals surface area contributed by atoms with Crippen LogP contribution >= 0.6 is 11.3 Å². The fourth-order valence-electron chi connectivity index (χ4n) is 3.27. The van der Waals surface area contributed by atoms with Gasteiger partial charge in [-0.1, -0.05) is 30.3 Å². The number of thiophene rings is 1. The lowest BCUT2D eigenvalue weighted by Crippen LogP contribution is -2.38. The predicted octanol–water partition coefficient (Wildman–Crippen LogP) is 3.14. The van der Waals surface area contributed by atoms with Crippen molar-refractivity contribution in [2.24, 2.45) is 5.92 Å². The van der Waals surface area contributed by atoms with Crippen molar-refractivity contribution >= 4 is 27.3 Å². The molecule has 0 saturated carbocycles. The second kappa shape index (κ2) is 8.33. The molecule has 1 aliphatic heterocycles. The second-order valence-electron chi connectivity index (χ2n) is 6.54. The summed E-state index contributed by atoms with van der Waals surface area (Å²) in [7, 11) is -3.52. The summed E-state index contributed by atoms with van der Waals surface area (Å²) in [5.74, 6) is 0.290. The molecule has 140 valence electrons. The van der Waals surface area contributed by atoms with E-state index >= 15 is 0 Å². The van der Waals surface area contributed by atoms with Crippen LogP contribution in [0.25, 0.3) is 0 Å². The summed E-state index contributed by atoms with van der Waals surface area (Å²) < 4.78 is 27.2. The van der Waals surface area contributed by atoms with Crippen molar-refractivity contribution in [3.63, 3.8) is 0 Å². The van der Waals surface area contributed by atoms with Crippen LogP contribution in [0.15, 0.2) is 46.7 Å². The zero-order valence-corrected chi connectivity index (χ0v) is 16.5. The molecule has 1 aliphatic rings. The Hall–Kier alpha value is -1.70. The smallest absolute Gasteiger partial charge is 0.261 e. The minimum Gasteiger partial charge on any atom is -0.352 e. The number of benzene rings is 1. The molecule has 2 heterocycles. The molecule has 0 aliphatic carbocycles. The van der Waals surface area contributed by atoms with Gasteiger partial charge in [0.15, 0.2) is 0 Å². The van der Waals surface area contributed by atoms with E-state index in [0.717, 1.165) is 19.3 Å². The molecule has 7 heteroatoms. The number of amides is 1. The average Bonchev–Trinajstić information content (AvgIpc) is 3.14. The third-order valence-electron chi connectivity index (χ3n) is 4.72. The Morgan fingerprint density at radius 1 is 1.23 bits per heavy atom. The first kappa shape index (κ1) is 19.1. The first-order valence-electron chi connectivity index (χ1n) is 8.91. The van der Waals surface area contributed by atoms with Gasteiger partial charge in [0.2, 0.25) is 10.0 Å². The normalized spacial score (nSPS) is 16.5. The molecule has 26 heavy (non-hydrogen) atoms. The highest BCUT2D eigenvalue weighted by Gasteiger charge is 2.30. The number of hydrogen-bond acceptors (Lipinski definition) is 4. The van der Waals surface area contributed by atoms with Gasteiger partial charge in [-0.2, -0.15) is 4.31 Å². The summed E-state index contributed by atoms with van der Waals surface area (Å²) in [5.41, 5.74) is 1.30. The van der Waals surface area contributed by atoms with Gasteiger partial charge in [0.25, 0.3) is 5.91 Å². The third-order valence-corrected chi connectivity index (χ3v) is 7.67. The van der Waals surface area contributed by atoms with Crippen LogP contribution in [-0.4, -0.2) is 38.3 Å². The largest absolute Gasteiger partial charge is 0.352 e. The van der Waals surface area contributed by atoms with Crippen LogP contribution in [-0.2, 0) is 16.4 Å². The molecule has 5 nitrogen and oxygen atoms in total. The first-order chi connectivity index (χ1) is 12.5. The molecular weight excluding hydrogens is 368 g/mol. The molecule has 1 aromatic carbocycles. The lowest BCUT2D eigenvalue weighted by Gasteiger charge is -2.31. The lowest BCUT2D eigenvalue weighted by atomic mass is 9.91. The molecule has 2 aromatic rings. The maximum atomic E-state index is 12.8. The highest BCUT2D eigenvalue weighted by Crippen LogP contribution is 2.28. The van der Waals surface area contributed by atoms with Gasteiger partial charge >= 0.3 is 0 Å². The van der Waals surface area contributed by atoms with E-state index < -0.39 is 10.0 Å². The van der Waals surface area contributed by atoms with Gasteiger partial charge in [-0.15, -0.1) is 11.3 Å². The maximum Gasteiger partial charge on any atom is 0.261 e. The first-order valence-corrected chi connectivity index (χ1v) is 11.2. The zero-order valence-electron chi connectivity index (χ0n) is 14.8. The molecule has 1 N–H and O–H groups in total. The standard InChI is InChI=1S/C19H24N2O3S2/c1-2-20-19(22)18-13-17(14-25-18)26(23,24)21-10-8-16(9-11-21)12-15-6-4-3-5-7-15/h3-7,13-14,16H,2,8-12H2,1H3,(H,20,22). The number of carbonyl (C=O) groups excluding carboxylic acids is 1. The van der Waals surface area contributed by atoms with E-state index in [1.165, 1.54) is 23.0 Å². The number of nitrogens with one attached hydrogen (secondary N) is 1. The van der Waals surface area contributed by atoms with Crippen LogP contribution in [0.3, 0.4) is 0 Å². The zero-order chi connectivity index (χ0) is 18.6. The number of sulfonamides is 1. The van der Waals surface area contributed by atoms with Crippen molar-refractivity contribution in [1.82, 2.24) is 9.62 Å².